The summed E-state index contributed by atoms with van der Waals surface area (Å²) in [6.07, 6.45) is 9.44. The summed E-state index contributed by atoms with van der Waals surface area (Å²) >= 11 is 0. The van der Waals surface area contributed by atoms with Crippen molar-refractivity contribution in [2.45, 2.75) is 139 Å². The van der Waals surface area contributed by atoms with Gasteiger partial charge in [-0.05, 0) is 97.4 Å². The number of hydrogen-bond donors (Lipinski definition) is 3. The lowest BCUT2D eigenvalue weighted by Crippen LogP contribution is -2.58. The number of carbonyl (C=O) groups is 4. The van der Waals surface area contributed by atoms with Gasteiger partial charge in [-0.2, -0.15) is 0 Å². The first-order valence-electron chi connectivity index (χ1n) is 21.3. The molecule has 4 heterocycles. The van der Waals surface area contributed by atoms with E-state index in [1.165, 1.54) is 17.0 Å². The zero-order valence-electron chi connectivity index (χ0n) is 35.1. The fraction of sp³-hybridized carbons (Fsp3) is 0.568. The van der Waals surface area contributed by atoms with Crippen molar-refractivity contribution in [1.29, 1.82) is 0 Å². The second-order valence-corrected chi connectivity index (χ2v) is 19.9. The molecule has 1 aromatic carbocycles. The summed E-state index contributed by atoms with van der Waals surface area (Å²) in [5.74, 6) is -2.20. The molecule has 4 amide bonds. The highest BCUT2D eigenvalue weighted by molar-refractivity contribution is 7.91. The van der Waals surface area contributed by atoms with E-state index in [9.17, 15) is 32.0 Å². The molecule has 2 unspecified atom stereocenters. The van der Waals surface area contributed by atoms with E-state index in [0.29, 0.717) is 60.4 Å². The van der Waals surface area contributed by atoms with Crippen molar-refractivity contribution in [2.24, 2.45) is 5.92 Å². The number of pyridine rings is 1. The molecule has 6 aliphatic rings. The highest BCUT2D eigenvalue weighted by Gasteiger charge is 2.62. The van der Waals surface area contributed by atoms with Crippen LogP contribution in [-0.4, -0.2) is 95.9 Å². The zero-order chi connectivity index (χ0) is 43.4. The van der Waals surface area contributed by atoms with Crippen LogP contribution in [0.5, 0.6) is 11.5 Å². The lowest BCUT2D eigenvalue weighted by atomic mass is 9.89. The summed E-state index contributed by atoms with van der Waals surface area (Å²) in [6, 6.07) is 1.88. The quantitative estimate of drug-likeness (QED) is 0.290. The van der Waals surface area contributed by atoms with Crippen LogP contribution in [0.1, 0.15) is 104 Å². The van der Waals surface area contributed by atoms with Gasteiger partial charge in [-0.3, -0.25) is 19.1 Å². The average molecular weight is 864 g/mol. The van der Waals surface area contributed by atoms with Gasteiger partial charge in [0.2, 0.25) is 21.8 Å². The molecule has 1 saturated heterocycles. The maximum atomic E-state index is 15.0. The van der Waals surface area contributed by atoms with E-state index in [1.54, 1.807) is 26.8 Å². The van der Waals surface area contributed by atoms with E-state index in [-0.39, 0.29) is 37.5 Å². The molecule has 7 atom stereocenters. The Labute approximate surface area is 354 Å². The summed E-state index contributed by atoms with van der Waals surface area (Å²) in [5, 5.41) is 5.29. The standard InChI is InChI=1S/C44H54FN5O10S/c1-6-57-34-19-17-29-35-38(59-36(29)24(34)2)37(30-20-26(45)14-18-31(30)46-35)58-27-21-33-39(51)48-44(41(53)49-61(55,56)28-15-16-28)22-25(44)12-10-8-7-9-11-13-32(40(52)50(33)23-27)47-42(54)60-43(3,4)5/h10,12,14,17-20,25,27-29,32-33,36H,6-9,11,13,15-16,21-23H2,1-5H3,(H,47,54)(H,48,51)(H,49,53)/b12-10-/t25-,27-,29?,32+,33+,36?,44-/m1/s1. The van der Waals surface area contributed by atoms with Gasteiger partial charge >= 0.3 is 6.09 Å². The van der Waals surface area contributed by atoms with Crippen LogP contribution in [0.25, 0.3) is 10.9 Å². The molecule has 8 rings (SSSR count). The zero-order valence-corrected chi connectivity index (χ0v) is 35.9. The molecule has 0 spiro atoms. The number of rotatable bonds is 8. The van der Waals surface area contributed by atoms with E-state index in [2.05, 4.69) is 15.4 Å². The second-order valence-electron chi connectivity index (χ2n) is 17.9. The molecule has 328 valence electrons. The molecule has 2 saturated carbocycles. The highest BCUT2D eigenvalue weighted by Crippen LogP contribution is 2.51. The van der Waals surface area contributed by atoms with Crippen LogP contribution < -0.4 is 24.8 Å². The number of ether oxygens (including phenoxy) is 4. The van der Waals surface area contributed by atoms with Crippen molar-refractivity contribution >= 4 is 44.7 Å². The van der Waals surface area contributed by atoms with Crippen molar-refractivity contribution in [3.63, 3.8) is 0 Å². The molecule has 3 aliphatic heterocycles. The van der Waals surface area contributed by atoms with Gasteiger partial charge in [0.05, 0.1) is 35.5 Å². The molecule has 0 bridgehead atoms. The Morgan fingerprint density at radius 3 is 2.64 bits per heavy atom. The smallest absolute Gasteiger partial charge is 0.408 e. The molecular weight excluding hydrogens is 810 g/mol. The van der Waals surface area contributed by atoms with Gasteiger partial charge in [-0.1, -0.05) is 31.1 Å². The molecule has 3 aliphatic carbocycles. The third-order valence-electron chi connectivity index (χ3n) is 12.2. The summed E-state index contributed by atoms with van der Waals surface area (Å²) < 4.78 is 67.9. The topological polar surface area (TPSA) is 192 Å². The van der Waals surface area contributed by atoms with Crippen LogP contribution in [0, 0.1) is 11.7 Å². The Morgan fingerprint density at radius 2 is 1.90 bits per heavy atom. The van der Waals surface area contributed by atoms with Crippen LogP contribution in [0.4, 0.5) is 9.18 Å². The van der Waals surface area contributed by atoms with Crippen molar-refractivity contribution in [3.05, 3.63) is 65.3 Å². The third kappa shape index (κ3) is 8.67. The summed E-state index contributed by atoms with van der Waals surface area (Å²) in [5.41, 5.74) is -0.535. The minimum absolute atomic E-state index is 0.0661. The van der Waals surface area contributed by atoms with Gasteiger partial charge in [0.15, 0.2) is 11.5 Å². The number of halogens is 1. The average Bonchev–Trinajstić information content (AvgIpc) is 4.09. The van der Waals surface area contributed by atoms with Gasteiger partial charge in [-0.25, -0.2) is 22.6 Å². The first-order valence-corrected chi connectivity index (χ1v) is 22.9. The molecule has 2 aromatic rings. The minimum Gasteiger partial charge on any atom is -0.494 e. The molecule has 1 aromatic heterocycles. The summed E-state index contributed by atoms with van der Waals surface area (Å²) in [7, 11) is -3.95. The van der Waals surface area contributed by atoms with E-state index in [4.69, 9.17) is 23.9 Å². The first kappa shape index (κ1) is 42.5. The monoisotopic (exact) mass is 863 g/mol. The van der Waals surface area contributed by atoms with Gasteiger partial charge in [0.1, 0.15) is 47.0 Å². The van der Waals surface area contributed by atoms with E-state index in [0.717, 1.165) is 18.4 Å². The maximum absolute atomic E-state index is 15.0. The van der Waals surface area contributed by atoms with Gasteiger partial charge in [0.25, 0.3) is 5.91 Å². The number of carbonyl (C=O) groups excluding carboxylic acids is 4. The fourth-order valence-corrected chi connectivity index (χ4v) is 10.2. The van der Waals surface area contributed by atoms with Crippen LogP contribution >= 0.6 is 0 Å². The fourth-order valence-electron chi connectivity index (χ4n) is 8.80. The van der Waals surface area contributed by atoms with Crippen molar-refractivity contribution in [2.75, 3.05) is 13.2 Å². The largest absolute Gasteiger partial charge is 0.494 e. The molecule has 3 N–H and O–H groups in total. The van der Waals surface area contributed by atoms with Crippen molar-refractivity contribution in [1.82, 2.24) is 25.2 Å². The molecule has 15 nitrogen and oxygen atoms in total. The Morgan fingerprint density at radius 1 is 1.11 bits per heavy atom. The lowest BCUT2D eigenvalue weighted by Gasteiger charge is -2.30. The Hall–Kier alpha value is -5.19. The van der Waals surface area contributed by atoms with E-state index >= 15 is 0 Å². The van der Waals surface area contributed by atoms with Gasteiger partial charge in [0, 0.05) is 23.3 Å². The number of fused-ring (bicyclic) bond motifs is 6. The van der Waals surface area contributed by atoms with Gasteiger partial charge in [-0.15, -0.1) is 0 Å². The summed E-state index contributed by atoms with van der Waals surface area (Å²) in [4.78, 5) is 62.7. The number of hydrogen-bond acceptors (Lipinski definition) is 11. The number of sulfonamides is 1. The number of alkyl carbamates (subject to hydrolysis) is 1. The van der Waals surface area contributed by atoms with Gasteiger partial charge < -0.3 is 34.5 Å². The molecule has 3 fully saturated rings. The number of aromatic nitrogens is 1. The Bertz CT molecular complexity index is 2340. The lowest BCUT2D eigenvalue weighted by molar-refractivity contribution is -0.141. The van der Waals surface area contributed by atoms with E-state index < -0.39 is 86.3 Å². The van der Waals surface area contributed by atoms with Crippen LogP contribution in [0.2, 0.25) is 0 Å². The second kappa shape index (κ2) is 16.3. The summed E-state index contributed by atoms with van der Waals surface area (Å²) in [6.45, 7) is 9.28. The third-order valence-corrected chi connectivity index (χ3v) is 14.0. The maximum Gasteiger partial charge on any atom is 0.408 e. The normalized spacial score (nSPS) is 29.4. The minimum atomic E-state index is -3.95. The number of allylic oxidation sites excluding steroid dienone is 2. The molecule has 0 radical (unpaired) electrons. The number of benzene rings is 1. The Balaban J connectivity index is 1.15. The Kier molecular flexibility index (Phi) is 11.3. The highest BCUT2D eigenvalue weighted by atomic mass is 32.2. The van der Waals surface area contributed by atoms with E-state index in [1.807, 2.05) is 38.2 Å². The number of amides is 4. The van der Waals surface area contributed by atoms with Crippen LogP contribution in [0.3, 0.4) is 0 Å². The number of nitrogens with one attached hydrogen (secondary N) is 3. The van der Waals surface area contributed by atoms with Crippen molar-refractivity contribution < 1.29 is 50.9 Å². The SMILES string of the molecule is CCOC1=C(C)C2Oc3c(nc4ccc(F)cc4c3O[C@@H]3C[C@H]4C(=O)N[C@]5(C(=O)NS(=O)(=O)C6CC6)C[C@H]5/C=C\CCCCC[C@H](NC(=O)OC(C)(C)C)C(=O)N4C3)C2C=C1. The van der Waals surface area contributed by atoms with Crippen molar-refractivity contribution in [3.8, 4) is 11.5 Å². The molecule has 17 heteroatoms. The van der Waals surface area contributed by atoms with Crippen LogP contribution in [0.15, 0.2) is 53.8 Å². The number of nitrogens with zero attached hydrogens (tertiary/aromatic N) is 2. The predicted molar refractivity (Wildman–Crippen MR) is 221 cm³/mol. The first-order chi connectivity index (χ1) is 29.0. The predicted octanol–water partition coefficient (Wildman–Crippen LogP) is 5.34. The van der Waals surface area contributed by atoms with Crippen LogP contribution in [-0.2, 0) is 33.9 Å². The molecule has 61 heavy (non-hydrogen) atoms. The molecular formula is C44H54FN5O10S.